The van der Waals surface area contributed by atoms with Crippen molar-refractivity contribution in [2.24, 2.45) is 17.4 Å². The Morgan fingerprint density at radius 1 is 0.879 bits per heavy atom. The number of hydrogen-bond acceptors (Lipinski definition) is 6. The summed E-state index contributed by atoms with van der Waals surface area (Å²) in [4.78, 5) is 60.6. The van der Waals surface area contributed by atoms with E-state index in [1.165, 1.54) is 6.92 Å². The molecule has 0 fully saturated rings. The van der Waals surface area contributed by atoms with Crippen molar-refractivity contribution in [2.45, 2.75) is 64.2 Å². The number of nitrogens with two attached hydrogens (primary N) is 2. The summed E-state index contributed by atoms with van der Waals surface area (Å²) >= 11 is 0. The summed E-state index contributed by atoms with van der Waals surface area (Å²) in [5.74, 6) is -4.27. The lowest BCUT2D eigenvalue weighted by molar-refractivity contribution is -0.142. The highest BCUT2D eigenvalue weighted by Crippen LogP contribution is 2.08. The molecule has 4 atom stereocenters. The maximum atomic E-state index is 12.9. The van der Waals surface area contributed by atoms with Gasteiger partial charge in [-0.2, -0.15) is 0 Å². The van der Waals surface area contributed by atoms with Gasteiger partial charge in [0.1, 0.15) is 18.1 Å². The van der Waals surface area contributed by atoms with Gasteiger partial charge in [0.2, 0.25) is 23.6 Å². The first kappa shape index (κ1) is 27.6. The second-order valence-corrected chi connectivity index (χ2v) is 8.17. The number of carbonyl (C=O) groups is 5. The molecule has 0 spiro atoms. The minimum atomic E-state index is -1.26. The molecule has 1 rings (SSSR count). The molecule has 0 heterocycles. The van der Waals surface area contributed by atoms with Crippen LogP contribution in [0.1, 0.15) is 39.2 Å². The predicted octanol–water partition coefficient (Wildman–Crippen LogP) is -0.963. The largest absolute Gasteiger partial charge is 0.480 e. The molecule has 4 unspecified atom stereocenters. The average Bonchev–Trinajstić information content (AvgIpc) is 2.74. The van der Waals surface area contributed by atoms with Crippen LogP contribution in [0, 0.1) is 5.92 Å². The number of rotatable bonds is 13. The molecule has 4 amide bonds. The molecule has 1 aromatic rings. The van der Waals surface area contributed by atoms with Crippen molar-refractivity contribution < 1.29 is 29.1 Å². The molecule has 0 aliphatic carbocycles. The van der Waals surface area contributed by atoms with E-state index in [-0.39, 0.29) is 25.2 Å². The molecule has 33 heavy (non-hydrogen) atoms. The van der Waals surface area contributed by atoms with Gasteiger partial charge < -0.3 is 32.5 Å². The van der Waals surface area contributed by atoms with Gasteiger partial charge in [0.05, 0.1) is 6.04 Å². The van der Waals surface area contributed by atoms with Gasteiger partial charge in [0.15, 0.2) is 0 Å². The number of carboxylic acid groups (broad SMARTS) is 1. The summed E-state index contributed by atoms with van der Waals surface area (Å²) in [7, 11) is 0. The zero-order valence-corrected chi connectivity index (χ0v) is 19.0. The maximum Gasteiger partial charge on any atom is 0.326 e. The van der Waals surface area contributed by atoms with E-state index in [2.05, 4.69) is 16.0 Å². The molecule has 0 aliphatic rings. The minimum absolute atomic E-state index is 0.0253. The van der Waals surface area contributed by atoms with E-state index in [0.717, 1.165) is 0 Å². The third-order valence-electron chi connectivity index (χ3n) is 4.87. The third-order valence-corrected chi connectivity index (χ3v) is 4.87. The molecule has 0 saturated heterocycles. The van der Waals surface area contributed by atoms with E-state index in [1.807, 2.05) is 0 Å². The maximum absolute atomic E-state index is 12.9. The third kappa shape index (κ3) is 9.69. The Bertz CT molecular complexity index is 843. The van der Waals surface area contributed by atoms with Crippen LogP contribution in [0.5, 0.6) is 0 Å². The Balaban J connectivity index is 3.00. The smallest absolute Gasteiger partial charge is 0.326 e. The number of aliphatic carboxylic acids is 1. The molecule has 11 heteroatoms. The van der Waals surface area contributed by atoms with Crippen LogP contribution in [0.4, 0.5) is 0 Å². The van der Waals surface area contributed by atoms with Gasteiger partial charge in [-0.05, 0) is 24.8 Å². The number of carbonyl (C=O) groups excluding carboxylic acids is 4. The van der Waals surface area contributed by atoms with Gasteiger partial charge >= 0.3 is 5.97 Å². The van der Waals surface area contributed by atoms with Gasteiger partial charge in [-0.3, -0.25) is 19.2 Å². The van der Waals surface area contributed by atoms with Crippen LogP contribution in [-0.4, -0.2) is 58.9 Å². The molecule has 0 aromatic heterocycles. The Hall–Kier alpha value is -3.47. The fraction of sp³-hybridized carbons (Fsp3) is 0.500. The van der Waals surface area contributed by atoms with Crippen LogP contribution in [0.3, 0.4) is 0 Å². The van der Waals surface area contributed by atoms with Gasteiger partial charge in [-0.1, -0.05) is 44.2 Å². The first-order valence-electron chi connectivity index (χ1n) is 10.6. The number of benzene rings is 1. The summed E-state index contributed by atoms with van der Waals surface area (Å²) in [6.45, 7) is 4.86. The Morgan fingerprint density at radius 2 is 1.45 bits per heavy atom. The first-order chi connectivity index (χ1) is 15.4. The fourth-order valence-electron chi connectivity index (χ4n) is 2.96. The van der Waals surface area contributed by atoms with Crippen LogP contribution >= 0.6 is 0 Å². The molecule has 182 valence electrons. The quantitative estimate of drug-likeness (QED) is 0.217. The molecule has 0 bridgehead atoms. The molecule has 1 aromatic carbocycles. The summed E-state index contributed by atoms with van der Waals surface area (Å²) in [6.07, 6.45) is -0.332. The highest BCUT2D eigenvalue weighted by atomic mass is 16.4. The molecule has 0 saturated carbocycles. The molecule has 0 radical (unpaired) electrons. The van der Waals surface area contributed by atoms with Gasteiger partial charge in [-0.25, -0.2) is 4.79 Å². The topological polar surface area (TPSA) is 194 Å². The average molecular weight is 464 g/mol. The van der Waals surface area contributed by atoms with Crippen LogP contribution in [0.2, 0.25) is 0 Å². The van der Waals surface area contributed by atoms with Crippen LogP contribution in [-0.2, 0) is 30.4 Å². The molecule has 8 N–H and O–H groups in total. The molecular formula is C22H33N5O6. The summed E-state index contributed by atoms with van der Waals surface area (Å²) in [5.41, 5.74) is 11.4. The van der Waals surface area contributed by atoms with Gasteiger partial charge in [0, 0.05) is 12.8 Å². The van der Waals surface area contributed by atoms with Crippen LogP contribution in [0.25, 0.3) is 0 Å². The SMILES string of the molecule is CC(N)C(=O)NC(C(=O)NC(CCC(N)=O)C(=O)NC(Cc1ccccc1)C(=O)O)C(C)C. The Labute approximate surface area is 192 Å². The van der Waals surface area contributed by atoms with Gasteiger partial charge in [0.25, 0.3) is 0 Å². The summed E-state index contributed by atoms with van der Waals surface area (Å²) in [6, 6.07) is 4.38. The standard InChI is InChI=1S/C22H33N5O6/c1-12(2)18(27-19(29)13(3)23)21(31)25-15(9-10-17(24)28)20(30)26-16(22(32)33)11-14-7-5-4-6-8-14/h4-8,12-13,15-16,18H,9-11,23H2,1-3H3,(H2,24,28)(H,25,31)(H,26,30)(H,27,29)(H,32,33). The van der Waals surface area contributed by atoms with Crippen LogP contribution < -0.4 is 27.4 Å². The van der Waals surface area contributed by atoms with E-state index in [0.29, 0.717) is 5.56 Å². The second kappa shape index (κ2) is 13.2. The zero-order valence-electron chi connectivity index (χ0n) is 19.0. The van der Waals surface area contributed by atoms with Crippen molar-refractivity contribution in [2.75, 3.05) is 0 Å². The summed E-state index contributed by atoms with van der Waals surface area (Å²) in [5, 5.41) is 17.0. The Kier molecular flexibility index (Phi) is 11.0. The van der Waals surface area contributed by atoms with E-state index in [9.17, 15) is 29.1 Å². The van der Waals surface area contributed by atoms with E-state index >= 15 is 0 Å². The van der Waals surface area contributed by atoms with Crippen molar-refractivity contribution >= 4 is 29.6 Å². The highest BCUT2D eigenvalue weighted by Gasteiger charge is 2.31. The minimum Gasteiger partial charge on any atom is -0.480 e. The van der Waals surface area contributed by atoms with Crippen LogP contribution in [0.15, 0.2) is 30.3 Å². The zero-order chi connectivity index (χ0) is 25.1. The lowest BCUT2D eigenvalue weighted by Crippen LogP contribution is -2.58. The van der Waals surface area contributed by atoms with E-state index in [4.69, 9.17) is 11.5 Å². The highest BCUT2D eigenvalue weighted by molar-refractivity contribution is 5.94. The van der Waals surface area contributed by atoms with Crippen molar-refractivity contribution in [3.63, 3.8) is 0 Å². The lowest BCUT2D eigenvalue weighted by Gasteiger charge is -2.26. The number of amides is 4. The second-order valence-electron chi connectivity index (χ2n) is 8.17. The first-order valence-corrected chi connectivity index (χ1v) is 10.6. The van der Waals surface area contributed by atoms with E-state index < -0.39 is 53.8 Å². The monoisotopic (exact) mass is 463 g/mol. The fourth-order valence-corrected chi connectivity index (χ4v) is 2.96. The number of primary amides is 1. The number of nitrogens with one attached hydrogen (secondary N) is 3. The van der Waals surface area contributed by atoms with Crippen molar-refractivity contribution in [1.82, 2.24) is 16.0 Å². The van der Waals surface area contributed by atoms with Gasteiger partial charge in [-0.15, -0.1) is 0 Å². The molecular weight excluding hydrogens is 430 g/mol. The Morgan fingerprint density at radius 3 is 1.94 bits per heavy atom. The lowest BCUT2D eigenvalue weighted by atomic mass is 10.0. The van der Waals surface area contributed by atoms with E-state index in [1.54, 1.807) is 44.2 Å². The van der Waals surface area contributed by atoms with Crippen molar-refractivity contribution in [1.29, 1.82) is 0 Å². The molecule has 11 nitrogen and oxygen atoms in total. The van der Waals surface area contributed by atoms with Crippen molar-refractivity contribution in [3.05, 3.63) is 35.9 Å². The molecule has 0 aliphatic heterocycles. The summed E-state index contributed by atoms with van der Waals surface area (Å²) < 4.78 is 0. The normalized spacial score (nSPS) is 14.5. The van der Waals surface area contributed by atoms with Crippen molar-refractivity contribution in [3.8, 4) is 0 Å². The number of carboxylic acids is 1. The predicted molar refractivity (Wildman–Crippen MR) is 120 cm³/mol. The number of hydrogen-bond donors (Lipinski definition) is 6.